The summed E-state index contributed by atoms with van der Waals surface area (Å²) in [5.41, 5.74) is 1.10. The van der Waals surface area contributed by atoms with Crippen molar-refractivity contribution in [1.29, 1.82) is 0 Å². The molecule has 1 fully saturated rings. The van der Waals surface area contributed by atoms with Crippen molar-refractivity contribution in [3.05, 3.63) is 11.9 Å². The second-order valence-electron chi connectivity index (χ2n) is 5.06. The van der Waals surface area contributed by atoms with Gasteiger partial charge in [0, 0.05) is 18.7 Å². The SMILES string of the molecule is CNc1ncnc(NC2CCCC(C)C2)c1C. The highest BCUT2D eigenvalue weighted by Crippen LogP contribution is 2.27. The molecule has 1 aromatic rings. The zero-order valence-electron chi connectivity index (χ0n) is 11.0. The lowest BCUT2D eigenvalue weighted by atomic mass is 9.87. The van der Waals surface area contributed by atoms with E-state index in [4.69, 9.17) is 0 Å². The molecule has 0 aromatic carbocycles. The van der Waals surface area contributed by atoms with E-state index in [2.05, 4.69) is 34.4 Å². The van der Waals surface area contributed by atoms with Gasteiger partial charge in [0.25, 0.3) is 0 Å². The van der Waals surface area contributed by atoms with Gasteiger partial charge in [0.1, 0.15) is 18.0 Å². The number of rotatable bonds is 3. The lowest BCUT2D eigenvalue weighted by Gasteiger charge is -2.28. The molecule has 2 atom stereocenters. The van der Waals surface area contributed by atoms with E-state index >= 15 is 0 Å². The summed E-state index contributed by atoms with van der Waals surface area (Å²) in [6, 6.07) is 0.567. The molecule has 0 radical (unpaired) electrons. The van der Waals surface area contributed by atoms with Crippen LogP contribution in [-0.4, -0.2) is 23.1 Å². The van der Waals surface area contributed by atoms with Crippen LogP contribution in [0.4, 0.5) is 11.6 Å². The fraction of sp³-hybridized carbons (Fsp3) is 0.692. The number of hydrogen-bond donors (Lipinski definition) is 2. The normalized spacial score (nSPS) is 24.4. The predicted octanol–water partition coefficient (Wildman–Crippen LogP) is 2.82. The van der Waals surface area contributed by atoms with Crippen molar-refractivity contribution in [2.24, 2.45) is 5.92 Å². The molecule has 0 amide bonds. The van der Waals surface area contributed by atoms with Crippen molar-refractivity contribution in [1.82, 2.24) is 9.97 Å². The molecular weight excluding hydrogens is 212 g/mol. The lowest BCUT2D eigenvalue weighted by molar-refractivity contribution is 0.358. The molecule has 2 N–H and O–H groups in total. The van der Waals surface area contributed by atoms with Crippen molar-refractivity contribution in [2.45, 2.75) is 45.6 Å². The maximum absolute atomic E-state index is 4.34. The van der Waals surface area contributed by atoms with Crippen LogP contribution < -0.4 is 10.6 Å². The van der Waals surface area contributed by atoms with E-state index in [1.54, 1.807) is 6.33 Å². The lowest BCUT2D eigenvalue weighted by Crippen LogP contribution is -2.27. The van der Waals surface area contributed by atoms with Crippen molar-refractivity contribution in [2.75, 3.05) is 17.7 Å². The molecule has 2 unspecified atom stereocenters. The summed E-state index contributed by atoms with van der Waals surface area (Å²) < 4.78 is 0. The molecule has 0 spiro atoms. The molecule has 1 saturated carbocycles. The summed E-state index contributed by atoms with van der Waals surface area (Å²) in [6.45, 7) is 4.39. The molecule has 1 aliphatic rings. The van der Waals surface area contributed by atoms with Crippen LogP contribution in [0.5, 0.6) is 0 Å². The fourth-order valence-corrected chi connectivity index (χ4v) is 2.61. The highest BCUT2D eigenvalue weighted by molar-refractivity contribution is 5.56. The minimum absolute atomic E-state index is 0.567. The Balaban J connectivity index is 2.07. The van der Waals surface area contributed by atoms with Crippen LogP contribution in [-0.2, 0) is 0 Å². The first kappa shape index (κ1) is 12.1. The summed E-state index contributed by atoms with van der Waals surface area (Å²) >= 11 is 0. The predicted molar refractivity (Wildman–Crippen MR) is 71.4 cm³/mol. The third-order valence-electron chi connectivity index (χ3n) is 3.60. The Morgan fingerprint density at radius 2 is 2.00 bits per heavy atom. The van der Waals surface area contributed by atoms with Gasteiger partial charge in [0.2, 0.25) is 0 Å². The molecule has 1 heterocycles. The van der Waals surface area contributed by atoms with Crippen molar-refractivity contribution < 1.29 is 0 Å². The van der Waals surface area contributed by atoms with Crippen LogP contribution in [0.3, 0.4) is 0 Å². The first-order valence-electron chi connectivity index (χ1n) is 6.46. The van der Waals surface area contributed by atoms with E-state index in [1.807, 2.05) is 7.05 Å². The number of anilines is 2. The molecule has 4 nitrogen and oxygen atoms in total. The summed E-state index contributed by atoms with van der Waals surface area (Å²) in [5, 5.41) is 6.65. The Kier molecular flexibility index (Phi) is 3.82. The molecule has 1 aliphatic carbocycles. The first-order chi connectivity index (χ1) is 8.20. The summed E-state index contributed by atoms with van der Waals surface area (Å²) in [6.07, 6.45) is 6.80. The van der Waals surface area contributed by atoms with E-state index in [9.17, 15) is 0 Å². The molecule has 4 heteroatoms. The Morgan fingerprint density at radius 1 is 1.24 bits per heavy atom. The highest BCUT2D eigenvalue weighted by Gasteiger charge is 2.19. The van der Waals surface area contributed by atoms with E-state index in [1.165, 1.54) is 25.7 Å². The Hall–Kier alpha value is -1.32. The molecule has 2 rings (SSSR count). The second kappa shape index (κ2) is 5.34. The Bertz CT molecular complexity index is 378. The van der Waals surface area contributed by atoms with Crippen LogP contribution >= 0.6 is 0 Å². The largest absolute Gasteiger partial charge is 0.373 e. The summed E-state index contributed by atoms with van der Waals surface area (Å²) in [5.74, 6) is 2.71. The van der Waals surface area contributed by atoms with Crippen LogP contribution in [0.2, 0.25) is 0 Å². The van der Waals surface area contributed by atoms with Crippen molar-refractivity contribution >= 4 is 11.6 Å². The molecule has 94 valence electrons. The van der Waals surface area contributed by atoms with Crippen LogP contribution in [0, 0.1) is 12.8 Å². The third kappa shape index (κ3) is 2.87. The average molecular weight is 234 g/mol. The van der Waals surface area contributed by atoms with Gasteiger partial charge >= 0.3 is 0 Å². The van der Waals surface area contributed by atoms with Gasteiger partial charge < -0.3 is 10.6 Å². The van der Waals surface area contributed by atoms with Gasteiger partial charge in [-0.25, -0.2) is 9.97 Å². The maximum Gasteiger partial charge on any atom is 0.134 e. The number of hydrogen-bond acceptors (Lipinski definition) is 4. The van der Waals surface area contributed by atoms with Crippen molar-refractivity contribution in [3.8, 4) is 0 Å². The van der Waals surface area contributed by atoms with Crippen LogP contribution in [0.25, 0.3) is 0 Å². The molecular formula is C13H22N4. The van der Waals surface area contributed by atoms with Crippen molar-refractivity contribution in [3.63, 3.8) is 0 Å². The quantitative estimate of drug-likeness (QED) is 0.844. The number of nitrogens with zero attached hydrogens (tertiary/aromatic N) is 2. The van der Waals surface area contributed by atoms with Gasteiger partial charge in [-0.05, 0) is 25.7 Å². The highest BCUT2D eigenvalue weighted by atomic mass is 15.1. The third-order valence-corrected chi connectivity index (χ3v) is 3.60. The summed E-state index contributed by atoms with van der Waals surface area (Å²) in [7, 11) is 1.89. The molecule has 17 heavy (non-hydrogen) atoms. The molecule has 0 saturated heterocycles. The Morgan fingerprint density at radius 3 is 2.71 bits per heavy atom. The first-order valence-corrected chi connectivity index (χ1v) is 6.46. The monoisotopic (exact) mass is 234 g/mol. The number of nitrogens with one attached hydrogen (secondary N) is 2. The Labute approximate surface area is 103 Å². The van der Waals surface area contributed by atoms with Gasteiger partial charge in [-0.3, -0.25) is 0 Å². The average Bonchev–Trinajstić information content (AvgIpc) is 2.32. The van der Waals surface area contributed by atoms with Gasteiger partial charge in [0.15, 0.2) is 0 Å². The van der Waals surface area contributed by atoms with E-state index in [-0.39, 0.29) is 0 Å². The minimum Gasteiger partial charge on any atom is -0.373 e. The second-order valence-corrected chi connectivity index (χ2v) is 5.06. The van der Waals surface area contributed by atoms with Gasteiger partial charge in [-0.2, -0.15) is 0 Å². The molecule has 0 bridgehead atoms. The smallest absolute Gasteiger partial charge is 0.134 e. The summed E-state index contributed by atoms with van der Waals surface area (Å²) in [4.78, 5) is 8.55. The number of aromatic nitrogens is 2. The zero-order valence-corrected chi connectivity index (χ0v) is 11.0. The minimum atomic E-state index is 0.567. The maximum atomic E-state index is 4.34. The van der Waals surface area contributed by atoms with Gasteiger partial charge in [0.05, 0.1) is 0 Å². The molecule has 0 aliphatic heterocycles. The van der Waals surface area contributed by atoms with Crippen LogP contribution in [0.15, 0.2) is 6.33 Å². The van der Waals surface area contributed by atoms with Gasteiger partial charge in [-0.1, -0.05) is 19.8 Å². The van der Waals surface area contributed by atoms with E-state index in [0.717, 1.165) is 23.1 Å². The topological polar surface area (TPSA) is 49.8 Å². The fourth-order valence-electron chi connectivity index (χ4n) is 2.61. The van der Waals surface area contributed by atoms with Gasteiger partial charge in [-0.15, -0.1) is 0 Å². The van der Waals surface area contributed by atoms with E-state index in [0.29, 0.717) is 6.04 Å². The van der Waals surface area contributed by atoms with E-state index < -0.39 is 0 Å². The molecule has 1 aromatic heterocycles. The zero-order chi connectivity index (χ0) is 12.3. The standard InChI is InChI=1S/C13H22N4/c1-9-5-4-6-11(7-9)17-13-10(2)12(14-3)15-8-16-13/h8-9,11H,4-7H2,1-3H3,(H2,14,15,16,17). The van der Waals surface area contributed by atoms with Crippen LogP contribution in [0.1, 0.15) is 38.2 Å².